The Morgan fingerprint density at radius 2 is 2.06 bits per heavy atom. The van der Waals surface area contributed by atoms with Crippen molar-refractivity contribution in [2.24, 2.45) is 0 Å². The van der Waals surface area contributed by atoms with Crippen molar-refractivity contribution in [3.05, 3.63) is 62.4 Å². The third-order valence-electron chi connectivity index (χ3n) is 4.60. The van der Waals surface area contributed by atoms with Crippen LogP contribution in [0.2, 0.25) is 0 Å². The van der Waals surface area contributed by atoms with Crippen molar-refractivity contribution in [2.75, 3.05) is 6.61 Å². The molecule has 4 rings (SSSR count). The van der Waals surface area contributed by atoms with Gasteiger partial charge in [0.25, 0.3) is 11.4 Å². The Kier molecular flexibility index (Phi) is 5.32. The number of benzene rings is 1. The number of phosphoric ester groups is 1. The number of halogens is 3. The number of aliphatic hydroxyl groups excluding tert-OH is 2. The van der Waals surface area contributed by atoms with Crippen LogP contribution >= 0.6 is 7.82 Å². The summed E-state index contributed by atoms with van der Waals surface area (Å²) in [5, 5.41) is 20.1. The van der Waals surface area contributed by atoms with E-state index in [1.165, 1.54) is 0 Å². The monoisotopic (exact) mass is 466 g/mol. The van der Waals surface area contributed by atoms with Crippen LogP contribution in [0.5, 0.6) is 5.75 Å². The standard InChI is InChI=1S/C16H14F3N2O9P/c17-8-1-2-10-7(3-8)5-27-31(26,30-10)28-6-16(19)12(23)11(22)14(29-16)21-4-9(18)13(24)20-15(21)25/h1-4,11-12,14,22-23H,5-6H2,(H,20,24,25)/t11-,12+,14-,16-,31?/m1/s1. The summed E-state index contributed by atoms with van der Waals surface area (Å²) in [4.78, 5) is 24.6. The van der Waals surface area contributed by atoms with E-state index in [0.717, 1.165) is 18.2 Å². The van der Waals surface area contributed by atoms with Gasteiger partial charge in [0.05, 0.1) is 12.8 Å². The summed E-state index contributed by atoms with van der Waals surface area (Å²) in [6.07, 6.45) is -6.04. The normalized spacial score (nSPS) is 32.5. The van der Waals surface area contributed by atoms with Crippen LogP contribution in [0.4, 0.5) is 13.2 Å². The Balaban J connectivity index is 1.52. The molecular weight excluding hydrogens is 452 g/mol. The number of aromatic nitrogens is 2. The van der Waals surface area contributed by atoms with Gasteiger partial charge in [-0.15, -0.1) is 0 Å². The average Bonchev–Trinajstić information content (AvgIpc) is 2.94. The van der Waals surface area contributed by atoms with E-state index in [4.69, 9.17) is 18.3 Å². The van der Waals surface area contributed by atoms with Crippen LogP contribution in [0.25, 0.3) is 0 Å². The topological polar surface area (TPSA) is 149 Å². The number of nitrogens with zero attached hydrogens (tertiary/aromatic N) is 1. The molecule has 0 bridgehead atoms. The van der Waals surface area contributed by atoms with E-state index >= 15 is 4.39 Å². The Morgan fingerprint density at radius 3 is 2.81 bits per heavy atom. The molecule has 11 nitrogen and oxygen atoms in total. The molecule has 0 saturated carbocycles. The molecule has 1 unspecified atom stereocenters. The van der Waals surface area contributed by atoms with Crippen molar-refractivity contribution >= 4 is 7.82 Å². The van der Waals surface area contributed by atoms with Crippen molar-refractivity contribution in [3.8, 4) is 5.75 Å². The van der Waals surface area contributed by atoms with Crippen molar-refractivity contribution in [1.29, 1.82) is 0 Å². The minimum absolute atomic E-state index is 0.0371. The first-order valence-electron chi connectivity index (χ1n) is 8.62. The summed E-state index contributed by atoms with van der Waals surface area (Å²) in [7, 11) is -4.43. The number of aromatic amines is 1. The fraction of sp³-hybridized carbons (Fsp3) is 0.375. The number of rotatable bonds is 4. The number of phosphoric acid groups is 1. The zero-order chi connectivity index (χ0) is 22.6. The molecule has 168 valence electrons. The molecule has 5 atom stereocenters. The zero-order valence-electron chi connectivity index (χ0n) is 15.2. The number of H-pyrrole nitrogens is 1. The van der Waals surface area contributed by atoms with Crippen molar-refractivity contribution < 1.29 is 46.3 Å². The fourth-order valence-electron chi connectivity index (χ4n) is 3.02. The van der Waals surface area contributed by atoms with E-state index in [0.29, 0.717) is 10.8 Å². The Labute approximate surface area is 170 Å². The second-order valence-corrected chi connectivity index (χ2v) is 8.30. The third kappa shape index (κ3) is 3.93. The van der Waals surface area contributed by atoms with Gasteiger partial charge in [0.15, 0.2) is 6.23 Å². The first-order valence-corrected chi connectivity index (χ1v) is 10.1. The van der Waals surface area contributed by atoms with Crippen LogP contribution in [-0.4, -0.2) is 44.4 Å². The maximum Gasteiger partial charge on any atom is 0.530 e. The summed E-state index contributed by atoms with van der Waals surface area (Å²) >= 11 is 0. The summed E-state index contributed by atoms with van der Waals surface area (Å²) in [6.45, 7) is -1.68. The van der Waals surface area contributed by atoms with Crippen LogP contribution in [0.1, 0.15) is 11.8 Å². The minimum atomic E-state index is -4.43. The quantitative estimate of drug-likeness (QED) is 0.547. The maximum absolute atomic E-state index is 15.2. The number of hydrogen-bond acceptors (Lipinski definition) is 9. The molecule has 0 spiro atoms. The van der Waals surface area contributed by atoms with Gasteiger partial charge in [-0.2, -0.15) is 4.39 Å². The lowest BCUT2D eigenvalue weighted by atomic mass is 10.1. The molecule has 2 aromatic rings. The van der Waals surface area contributed by atoms with Crippen molar-refractivity contribution in [2.45, 2.75) is 30.9 Å². The number of ether oxygens (including phenoxy) is 1. The molecule has 1 aromatic carbocycles. The van der Waals surface area contributed by atoms with E-state index < -0.39 is 61.6 Å². The van der Waals surface area contributed by atoms with Gasteiger partial charge in [-0.3, -0.25) is 23.4 Å². The van der Waals surface area contributed by atoms with Crippen LogP contribution in [-0.2, 0) is 25.0 Å². The van der Waals surface area contributed by atoms with Gasteiger partial charge < -0.3 is 19.5 Å². The molecule has 3 heterocycles. The van der Waals surface area contributed by atoms with E-state index in [9.17, 15) is 33.1 Å². The molecule has 31 heavy (non-hydrogen) atoms. The van der Waals surface area contributed by atoms with Crippen LogP contribution in [0.3, 0.4) is 0 Å². The number of aliphatic hydroxyl groups is 2. The molecule has 1 saturated heterocycles. The molecule has 0 radical (unpaired) electrons. The molecule has 2 aliphatic rings. The van der Waals surface area contributed by atoms with Crippen LogP contribution < -0.4 is 15.8 Å². The number of fused-ring (bicyclic) bond motifs is 1. The van der Waals surface area contributed by atoms with E-state index in [1.807, 2.05) is 0 Å². The van der Waals surface area contributed by atoms with Gasteiger partial charge in [0.1, 0.15) is 30.4 Å². The average molecular weight is 466 g/mol. The molecule has 0 amide bonds. The van der Waals surface area contributed by atoms with Crippen LogP contribution in [0, 0.1) is 11.6 Å². The second-order valence-electron chi connectivity index (χ2n) is 6.71. The minimum Gasteiger partial charge on any atom is -0.404 e. The van der Waals surface area contributed by atoms with Crippen molar-refractivity contribution in [1.82, 2.24) is 9.55 Å². The van der Waals surface area contributed by atoms with E-state index in [2.05, 4.69) is 0 Å². The summed E-state index contributed by atoms with van der Waals surface area (Å²) in [5.74, 6) is -5.29. The highest BCUT2D eigenvalue weighted by Crippen LogP contribution is 2.55. The van der Waals surface area contributed by atoms with E-state index in [-0.39, 0.29) is 17.9 Å². The summed E-state index contributed by atoms with van der Waals surface area (Å²) in [6, 6.07) is 3.25. The van der Waals surface area contributed by atoms with Gasteiger partial charge in [0.2, 0.25) is 5.82 Å². The number of hydrogen-bond donors (Lipinski definition) is 3. The zero-order valence-corrected chi connectivity index (χ0v) is 16.1. The molecule has 3 N–H and O–H groups in total. The largest absolute Gasteiger partial charge is 0.530 e. The summed E-state index contributed by atoms with van der Waals surface area (Å²) < 4.78 is 74.4. The maximum atomic E-state index is 15.2. The lowest BCUT2D eigenvalue weighted by Gasteiger charge is -2.28. The van der Waals surface area contributed by atoms with Gasteiger partial charge >= 0.3 is 13.5 Å². The highest BCUT2D eigenvalue weighted by Gasteiger charge is 2.57. The molecule has 1 fully saturated rings. The molecule has 1 aromatic heterocycles. The Morgan fingerprint density at radius 1 is 1.32 bits per heavy atom. The second kappa shape index (κ2) is 7.58. The number of nitrogens with one attached hydrogen (secondary N) is 1. The first kappa shape index (κ1) is 21.7. The number of alkyl halides is 1. The molecule has 15 heteroatoms. The molecule has 2 aliphatic heterocycles. The Bertz CT molecular complexity index is 1190. The lowest BCUT2D eigenvalue weighted by Crippen LogP contribution is -2.43. The molecule has 0 aliphatic carbocycles. The predicted octanol–water partition coefficient (Wildman–Crippen LogP) is 0.465. The highest BCUT2D eigenvalue weighted by atomic mass is 31.2. The smallest absolute Gasteiger partial charge is 0.404 e. The van der Waals surface area contributed by atoms with Gasteiger partial charge in [-0.25, -0.2) is 18.1 Å². The van der Waals surface area contributed by atoms with Crippen molar-refractivity contribution in [3.63, 3.8) is 0 Å². The predicted molar refractivity (Wildman–Crippen MR) is 92.6 cm³/mol. The first-order chi connectivity index (χ1) is 14.5. The van der Waals surface area contributed by atoms with Gasteiger partial charge in [-0.1, -0.05) is 0 Å². The van der Waals surface area contributed by atoms with Gasteiger partial charge in [0, 0.05) is 5.56 Å². The Hall–Kier alpha value is -2.48. The van der Waals surface area contributed by atoms with E-state index in [1.54, 1.807) is 4.98 Å². The fourth-order valence-corrected chi connectivity index (χ4v) is 4.25. The lowest BCUT2D eigenvalue weighted by molar-refractivity contribution is -0.205. The third-order valence-corrected chi connectivity index (χ3v) is 5.91. The highest BCUT2D eigenvalue weighted by molar-refractivity contribution is 7.49. The summed E-state index contributed by atoms with van der Waals surface area (Å²) in [5.41, 5.74) is -2.38. The van der Waals surface area contributed by atoms with Gasteiger partial charge in [-0.05, 0) is 18.2 Å². The SMILES string of the molecule is O=c1[nH]c(=O)n([C@@H]2O[C@](F)(COP3(=O)OCc4cc(F)ccc4O3)[C@@H](O)[C@H]2O)cc1F. The molecular formula is C16H14F3N2O9P. The van der Waals surface area contributed by atoms with Crippen LogP contribution in [0.15, 0.2) is 34.0 Å².